The maximum atomic E-state index is 12.5. The molecular formula is C15H20F2N2O4S. The van der Waals surface area contributed by atoms with E-state index in [-0.39, 0.29) is 25.1 Å². The summed E-state index contributed by atoms with van der Waals surface area (Å²) in [7, 11) is -3.59. The molecule has 0 bridgehead atoms. The second-order valence-corrected chi connectivity index (χ2v) is 8.05. The van der Waals surface area contributed by atoms with Crippen molar-refractivity contribution in [1.82, 2.24) is 10.6 Å². The molecule has 2 N–H and O–H groups in total. The number of nitrogens with one attached hydrogen (secondary N) is 2. The van der Waals surface area contributed by atoms with Crippen molar-refractivity contribution >= 4 is 15.7 Å². The minimum Gasteiger partial charge on any atom is -0.435 e. The fourth-order valence-corrected chi connectivity index (χ4v) is 4.13. The number of sulfone groups is 1. The Morgan fingerprint density at radius 1 is 1.38 bits per heavy atom. The molecule has 0 spiro atoms. The minimum atomic E-state index is -3.59. The predicted octanol–water partition coefficient (Wildman–Crippen LogP) is 1.07. The van der Waals surface area contributed by atoms with Gasteiger partial charge in [-0.25, -0.2) is 8.42 Å². The predicted molar refractivity (Wildman–Crippen MR) is 84.6 cm³/mol. The molecule has 9 heteroatoms. The molecule has 0 aliphatic carbocycles. The summed E-state index contributed by atoms with van der Waals surface area (Å²) in [5, 5.41) is 5.64. The zero-order chi connectivity index (χ0) is 17.8. The third-order valence-corrected chi connectivity index (χ3v) is 6.12. The van der Waals surface area contributed by atoms with Gasteiger partial charge in [0.2, 0.25) is 5.91 Å². The normalized spacial score (nSPS) is 17.5. The lowest BCUT2D eigenvalue weighted by atomic mass is 9.95. The van der Waals surface area contributed by atoms with Crippen molar-refractivity contribution in [2.45, 2.75) is 30.7 Å². The van der Waals surface area contributed by atoms with Gasteiger partial charge in [-0.1, -0.05) is 12.1 Å². The first kappa shape index (κ1) is 18.6. The van der Waals surface area contributed by atoms with E-state index in [0.717, 1.165) is 6.26 Å². The number of carbonyl (C=O) groups is 1. The topological polar surface area (TPSA) is 84.5 Å². The average Bonchev–Trinajstić information content (AvgIpc) is 2.52. The molecule has 0 radical (unpaired) electrons. The molecule has 1 aliphatic rings. The Kier molecular flexibility index (Phi) is 5.76. The zero-order valence-electron chi connectivity index (χ0n) is 13.2. The summed E-state index contributed by atoms with van der Waals surface area (Å²) < 4.78 is 51.6. The van der Waals surface area contributed by atoms with Crippen LogP contribution < -0.4 is 15.4 Å². The highest BCUT2D eigenvalue weighted by Crippen LogP contribution is 2.28. The zero-order valence-corrected chi connectivity index (χ0v) is 14.0. The number of halogens is 2. The van der Waals surface area contributed by atoms with Gasteiger partial charge in [0.25, 0.3) is 0 Å². The monoisotopic (exact) mass is 362 g/mol. The van der Waals surface area contributed by atoms with E-state index in [9.17, 15) is 22.0 Å². The Labute approximate surface area is 139 Å². The number of piperidine rings is 1. The SMILES string of the molecule is CS(=O)(=O)C1(C(=O)NCc2cccc(OC(F)F)c2)CCNCC1. The highest BCUT2D eigenvalue weighted by molar-refractivity contribution is 7.92. The number of carbonyl (C=O) groups excluding carboxylic acids is 1. The van der Waals surface area contributed by atoms with Crippen LogP contribution >= 0.6 is 0 Å². The quantitative estimate of drug-likeness (QED) is 0.791. The van der Waals surface area contributed by atoms with Gasteiger partial charge in [-0.05, 0) is 43.6 Å². The number of hydrogen-bond acceptors (Lipinski definition) is 5. The lowest BCUT2D eigenvalue weighted by Crippen LogP contribution is -2.57. The van der Waals surface area contributed by atoms with Crippen molar-refractivity contribution in [3.63, 3.8) is 0 Å². The van der Waals surface area contributed by atoms with Crippen molar-refractivity contribution in [2.75, 3.05) is 19.3 Å². The van der Waals surface area contributed by atoms with E-state index in [2.05, 4.69) is 15.4 Å². The number of rotatable bonds is 6. The van der Waals surface area contributed by atoms with E-state index in [1.54, 1.807) is 6.07 Å². The Bertz CT molecular complexity index is 688. The molecule has 0 atom stereocenters. The van der Waals surface area contributed by atoms with Crippen LogP contribution in [0.4, 0.5) is 8.78 Å². The van der Waals surface area contributed by atoms with Crippen LogP contribution in [0.1, 0.15) is 18.4 Å². The van der Waals surface area contributed by atoms with Crippen molar-refractivity contribution in [3.05, 3.63) is 29.8 Å². The van der Waals surface area contributed by atoms with Gasteiger partial charge in [0, 0.05) is 12.8 Å². The van der Waals surface area contributed by atoms with E-state index in [4.69, 9.17) is 0 Å². The van der Waals surface area contributed by atoms with Crippen molar-refractivity contribution < 1.29 is 26.7 Å². The lowest BCUT2D eigenvalue weighted by molar-refractivity contribution is -0.124. The molecule has 0 aromatic heterocycles. The summed E-state index contributed by atoms with van der Waals surface area (Å²) in [4.78, 5) is 12.5. The summed E-state index contributed by atoms with van der Waals surface area (Å²) in [5.74, 6) is -0.580. The first-order valence-electron chi connectivity index (χ1n) is 7.47. The van der Waals surface area contributed by atoms with Gasteiger partial charge >= 0.3 is 6.61 Å². The molecule has 1 aliphatic heterocycles. The fourth-order valence-electron chi connectivity index (χ4n) is 2.77. The molecule has 0 unspecified atom stereocenters. The number of ether oxygens (including phenoxy) is 1. The van der Waals surface area contributed by atoms with Crippen LogP contribution in [-0.2, 0) is 21.2 Å². The maximum absolute atomic E-state index is 12.5. The van der Waals surface area contributed by atoms with Crippen LogP contribution in [0.15, 0.2) is 24.3 Å². The van der Waals surface area contributed by atoms with Crippen LogP contribution in [-0.4, -0.2) is 45.0 Å². The molecule has 0 saturated carbocycles. The third-order valence-electron chi connectivity index (χ3n) is 4.11. The standard InChI is InChI=1S/C15H20F2N2O4S/c1-24(21,22)15(5-7-18-8-6-15)13(20)19-10-11-3-2-4-12(9-11)23-14(16)17/h2-4,9,14,18H,5-8,10H2,1H3,(H,19,20). The Morgan fingerprint density at radius 2 is 2.04 bits per heavy atom. The van der Waals surface area contributed by atoms with E-state index in [0.29, 0.717) is 18.7 Å². The molecule has 1 fully saturated rings. The van der Waals surface area contributed by atoms with Crippen LogP contribution in [0, 0.1) is 0 Å². The first-order chi connectivity index (χ1) is 11.2. The molecule has 6 nitrogen and oxygen atoms in total. The molecular weight excluding hydrogens is 342 g/mol. The van der Waals surface area contributed by atoms with Gasteiger partial charge < -0.3 is 15.4 Å². The number of amides is 1. The highest BCUT2D eigenvalue weighted by Gasteiger charge is 2.48. The molecule has 2 rings (SSSR count). The first-order valence-corrected chi connectivity index (χ1v) is 9.36. The summed E-state index contributed by atoms with van der Waals surface area (Å²) in [5.41, 5.74) is 0.541. The smallest absolute Gasteiger partial charge is 0.387 e. The summed E-state index contributed by atoms with van der Waals surface area (Å²) in [6.07, 6.45) is 1.47. The van der Waals surface area contributed by atoms with Gasteiger partial charge in [-0.3, -0.25) is 4.79 Å². The number of hydrogen-bond donors (Lipinski definition) is 2. The van der Waals surface area contributed by atoms with Crippen molar-refractivity contribution in [1.29, 1.82) is 0 Å². The van der Waals surface area contributed by atoms with Crippen LogP contribution in [0.2, 0.25) is 0 Å². The maximum Gasteiger partial charge on any atom is 0.387 e. The van der Waals surface area contributed by atoms with E-state index in [1.807, 2.05) is 0 Å². The van der Waals surface area contributed by atoms with Gasteiger partial charge in [0.1, 0.15) is 5.75 Å². The number of alkyl halides is 2. The van der Waals surface area contributed by atoms with Gasteiger partial charge in [0.05, 0.1) is 0 Å². The molecule has 1 saturated heterocycles. The number of benzene rings is 1. The summed E-state index contributed by atoms with van der Waals surface area (Å²) in [6, 6.07) is 5.91. The van der Waals surface area contributed by atoms with E-state index >= 15 is 0 Å². The van der Waals surface area contributed by atoms with Crippen molar-refractivity contribution in [2.24, 2.45) is 0 Å². The lowest BCUT2D eigenvalue weighted by Gasteiger charge is -2.34. The third kappa shape index (κ3) is 4.21. The molecule has 1 aromatic rings. The Morgan fingerprint density at radius 3 is 2.62 bits per heavy atom. The van der Waals surface area contributed by atoms with E-state index < -0.39 is 27.1 Å². The molecule has 24 heavy (non-hydrogen) atoms. The Balaban J connectivity index is 2.09. The second kappa shape index (κ2) is 7.43. The fraction of sp³-hybridized carbons (Fsp3) is 0.533. The summed E-state index contributed by atoms with van der Waals surface area (Å²) in [6.45, 7) is -2.02. The molecule has 1 heterocycles. The minimum absolute atomic E-state index is 0.0172. The summed E-state index contributed by atoms with van der Waals surface area (Å²) >= 11 is 0. The second-order valence-electron chi connectivity index (χ2n) is 5.73. The van der Waals surface area contributed by atoms with E-state index in [1.165, 1.54) is 18.2 Å². The molecule has 1 amide bonds. The van der Waals surface area contributed by atoms with Crippen LogP contribution in [0.5, 0.6) is 5.75 Å². The average molecular weight is 362 g/mol. The Hall–Kier alpha value is -1.74. The van der Waals surface area contributed by atoms with Gasteiger partial charge in [-0.2, -0.15) is 8.78 Å². The van der Waals surface area contributed by atoms with Crippen LogP contribution in [0.25, 0.3) is 0 Å². The highest BCUT2D eigenvalue weighted by atomic mass is 32.2. The van der Waals surface area contributed by atoms with Crippen LogP contribution in [0.3, 0.4) is 0 Å². The molecule has 1 aromatic carbocycles. The van der Waals surface area contributed by atoms with Crippen molar-refractivity contribution in [3.8, 4) is 5.75 Å². The van der Waals surface area contributed by atoms with Gasteiger partial charge in [-0.15, -0.1) is 0 Å². The molecule has 134 valence electrons. The largest absolute Gasteiger partial charge is 0.435 e. The van der Waals surface area contributed by atoms with Gasteiger partial charge in [0.15, 0.2) is 14.6 Å².